The van der Waals surface area contributed by atoms with Crippen molar-refractivity contribution in [2.24, 2.45) is 0 Å². The number of hydrogen-bond donors (Lipinski definition) is 0. The minimum absolute atomic E-state index is 0.0964. The summed E-state index contributed by atoms with van der Waals surface area (Å²) in [4.78, 5) is 32.4. The Morgan fingerprint density at radius 2 is 1.82 bits per heavy atom. The molecule has 0 bridgehead atoms. The van der Waals surface area contributed by atoms with Gasteiger partial charge < -0.3 is 19.3 Å². The first-order chi connectivity index (χ1) is 13.6. The molecule has 7 heteroatoms. The number of fused-ring (bicyclic) bond motifs is 3. The number of imide groups is 1. The zero-order chi connectivity index (χ0) is 19.0. The van der Waals surface area contributed by atoms with Crippen molar-refractivity contribution >= 4 is 17.6 Å². The van der Waals surface area contributed by atoms with E-state index in [-0.39, 0.29) is 24.6 Å². The third-order valence-electron chi connectivity index (χ3n) is 6.41. The van der Waals surface area contributed by atoms with Gasteiger partial charge in [-0.05, 0) is 42.4 Å². The Morgan fingerprint density at radius 3 is 2.61 bits per heavy atom. The number of amides is 3. The van der Waals surface area contributed by atoms with Crippen LogP contribution in [0.4, 0.5) is 10.5 Å². The first-order valence-electron chi connectivity index (χ1n) is 9.42. The third-order valence-corrected chi connectivity index (χ3v) is 6.41. The topological polar surface area (TPSA) is 62.3 Å². The molecule has 2 saturated heterocycles. The van der Waals surface area contributed by atoms with Gasteiger partial charge in [-0.15, -0.1) is 0 Å². The van der Waals surface area contributed by atoms with Crippen LogP contribution in [0.15, 0.2) is 42.5 Å². The molecule has 0 aliphatic carbocycles. The normalized spacial score (nSPS) is 27.8. The first kappa shape index (κ1) is 15.9. The van der Waals surface area contributed by atoms with E-state index in [1.54, 1.807) is 4.90 Å². The molecule has 2 aromatic rings. The van der Waals surface area contributed by atoms with Crippen molar-refractivity contribution in [2.75, 3.05) is 31.8 Å². The number of nitrogens with zero attached hydrogens (tertiary/aromatic N) is 3. The van der Waals surface area contributed by atoms with Crippen molar-refractivity contribution in [1.82, 2.24) is 9.80 Å². The lowest BCUT2D eigenvalue weighted by Crippen LogP contribution is -2.56. The monoisotopic (exact) mass is 377 g/mol. The van der Waals surface area contributed by atoms with Gasteiger partial charge in [0.15, 0.2) is 11.5 Å². The van der Waals surface area contributed by atoms with E-state index in [1.165, 1.54) is 4.90 Å². The Bertz CT molecular complexity index is 1020. The van der Waals surface area contributed by atoms with Crippen LogP contribution in [-0.2, 0) is 11.3 Å². The second kappa shape index (κ2) is 5.26. The fraction of sp³-hybridized carbons (Fsp3) is 0.333. The molecule has 0 aromatic heterocycles. The molecule has 4 heterocycles. The van der Waals surface area contributed by atoms with Gasteiger partial charge in [0, 0.05) is 25.6 Å². The summed E-state index contributed by atoms with van der Waals surface area (Å²) in [6.07, 6.45) is 0. The average Bonchev–Trinajstić information content (AvgIpc) is 3.35. The van der Waals surface area contributed by atoms with Gasteiger partial charge in [-0.25, -0.2) is 9.69 Å². The van der Waals surface area contributed by atoms with Gasteiger partial charge >= 0.3 is 6.03 Å². The summed E-state index contributed by atoms with van der Waals surface area (Å²) in [7, 11) is 2.00. The van der Waals surface area contributed by atoms with E-state index >= 15 is 0 Å². The molecule has 2 fully saturated rings. The van der Waals surface area contributed by atoms with E-state index < -0.39 is 5.54 Å². The van der Waals surface area contributed by atoms with Gasteiger partial charge in [0.1, 0.15) is 5.54 Å². The van der Waals surface area contributed by atoms with Crippen molar-refractivity contribution < 1.29 is 19.1 Å². The number of anilines is 1. The zero-order valence-electron chi connectivity index (χ0n) is 15.4. The van der Waals surface area contributed by atoms with E-state index in [0.717, 1.165) is 11.1 Å². The second-order valence-electron chi connectivity index (χ2n) is 7.92. The van der Waals surface area contributed by atoms with Crippen molar-refractivity contribution in [3.05, 3.63) is 53.6 Å². The van der Waals surface area contributed by atoms with E-state index in [4.69, 9.17) is 9.47 Å². The number of hydrogen-bond acceptors (Lipinski definition) is 5. The molecule has 4 aliphatic rings. The molecule has 3 amide bonds. The zero-order valence-corrected chi connectivity index (χ0v) is 15.4. The van der Waals surface area contributed by atoms with Crippen molar-refractivity contribution in [3.8, 4) is 11.5 Å². The number of benzene rings is 2. The molecule has 28 heavy (non-hydrogen) atoms. The van der Waals surface area contributed by atoms with Crippen LogP contribution in [0.3, 0.4) is 0 Å². The van der Waals surface area contributed by atoms with Gasteiger partial charge in [0.2, 0.25) is 6.79 Å². The Labute approximate surface area is 162 Å². The van der Waals surface area contributed by atoms with E-state index in [0.29, 0.717) is 36.8 Å². The number of rotatable bonds is 1. The predicted octanol–water partition coefficient (Wildman–Crippen LogP) is 2.17. The van der Waals surface area contributed by atoms with Gasteiger partial charge in [-0.2, -0.15) is 0 Å². The number of carbonyl (C=O) groups excluding carboxylic acids is 2. The van der Waals surface area contributed by atoms with Crippen LogP contribution < -0.4 is 14.4 Å². The maximum Gasteiger partial charge on any atom is 0.332 e. The highest BCUT2D eigenvalue weighted by Crippen LogP contribution is 2.52. The first-order valence-corrected chi connectivity index (χ1v) is 9.42. The van der Waals surface area contributed by atoms with E-state index in [2.05, 4.69) is 4.90 Å². The Balaban J connectivity index is 1.53. The van der Waals surface area contributed by atoms with E-state index in [9.17, 15) is 9.59 Å². The number of ether oxygens (including phenoxy) is 2. The predicted molar refractivity (Wildman–Crippen MR) is 100 cm³/mol. The molecule has 7 nitrogen and oxygen atoms in total. The highest BCUT2D eigenvalue weighted by molar-refractivity contribution is 6.24. The standard InChI is InChI=1S/C21H19N3O4/c1-22-10-16-15-8-18-17(27-12-28-18)7-13(15)9-23-20(26)24(14-5-3-2-4-6-14)19(25)21(16,23)11-22/h2-8,16H,9-12H2,1H3/t16-,21-/m1/s1. The summed E-state index contributed by atoms with van der Waals surface area (Å²) in [5.74, 6) is 1.19. The van der Waals surface area contributed by atoms with Gasteiger partial charge in [-0.3, -0.25) is 4.79 Å². The maximum absolute atomic E-state index is 13.7. The number of likely N-dealkylation sites (N-methyl/N-ethyl adjacent to an activating group) is 1. The summed E-state index contributed by atoms with van der Waals surface area (Å²) in [5, 5.41) is 0. The highest BCUT2D eigenvalue weighted by atomic mass is 16.7. The molecule has 2 aromatic carbocycles. The molecule has 0 unspecified atom stereocenters. The Hall–Kier alpha value is -3.06. The fourth-order valence-electron chi connectivity index (χ4n) is 5.23. The Kier molecular flexibility index (Phi) is 3.00. The minimum Gasteiger partial charge on any atom is -0.454 e. The van der Waals surface area contributed by atoms with Crippen LogP contribution >= 0.6 is 0 Å². The number of urea groups is 1. The minimum atomic E-state index is -0.873. The highest BCUT2D eigenvalue weighted by Gasteiger charge is 2.66. The molecular formula is C21H19N3O4. The van der Waals surface area contributed by atoms with Crippen LogP contribution in [0.25, 0.3) is 0 Å². The van der Waals surface area contributed by atoms with Crippen molar-refractivity contribution in [3.63, 3.8) is 0 Å². The molecule has 6 rings (SSSR count). The van der Waals surface area contributed by atoms with Crippen molar-refractivity contribution in [1.29, 1.82) is 0 Å². The molecule has 2 atom stereocenters. The molecule has 1 spiro atoms. The average molecular weight is 377 g/mol. The lowest BCUT2D eigenvalue weighted by Gasteiger charge is -2.41. The SMILES string of the molecule is CN1C[C@@H]2c3cc4c(cc3CN3C(=O)N(c5ccccc5)C(=O)[C@@]23C1)OCO4. The molecule has 0 radical (unpaired) electrons. The third kappa shape index (κ3) is 1.82. The number of para-hydroxylation sites is 1. The smallest absolute Gasteiger partial charge is 0.332 e. The maximum atomic E-state index is 13.7. The number of likely N-dealkylation sites (tertiary alicyclic amines) is 1. The quantitative estimate of drug-likeness (QED) is 0.713. The lowest BCUT2D eigenvalue weighted by atomic mass is 9.75. The van der Waals surface area contributed by atoms with Gasteiger partial charge in [-0.1, -0.05) is 18.2 Å². The van der Waals surface area contributed by atoms with Crippen LogP contribution in [0, 0.1) is 0 Å². The lowest BCUT2D eigenvalue weighted by molar-refractivity contribution is -0.125. The summed E-state index contributed by atoms with van der Waals surface area (Å²) >= 11 is 0. The van der Waals surface area contributed by atoms with Crippen LogP contribution in [0.5, 0.6) is 11.5 Å². The molecule has 0 N–H and O–H groups in total. The Morgan fingerprint density at radius 1 is 1.07 bits per heavy atom. The van der Waals surface area contributed by atoms with Crippen LogP contribution in [0.1, 0.15) is 17.0 Å². The van der Waals surface area contributed by atoms with Gasteiger partial charge in [0.25, 0.3) is 5.91 Å². The molecule has 142 valence electrons. The largest absolute Gasteiger partial charge is 0.454 e. The number of carbonyl (C=O) groups is 2. The summed E-state index contributed by atoms with van der Waals surface area (Å²) in [6, 6.07) is 12.9. The molecule has 0 saturated carbocycles. The summed E-state index contributed by atoms with van der Waals surface area (Å²) in [6.45, 7) is 1.84. The fourth-order valence-corrected chi connectivity index (χ4v) is 5.23. The molecule has 4 aliphatic heterocycles. The van der Waals surface area contributed by atoms with Crippen molar-refractivity contribution in [2.45, 2.75) is 18.0 Å². The van der Waals surface area contributed by atoms with Crippen LogP contribution in [0.2, 0.25) is 0 Å². The summed E-state index contributed by atoms with van der Waals surface area (Å²) in [5.41, 5.74) is 1.85. The van der Waals surface area contributed by atoms with Gasteiger partial charge in [0.05, 0.1) is 5.69 Å². The summed E-state index contributed by atoms with van der Waals surface area (Å²) < 4.78 is 11.1. The van der Waals surface area contributed by atoms with E-state index in [1.807, 2.05) is 49.5 Å². The second-order valence-corrected chi connectivity index (χ2v) is 7.92. The molecular weight excluding hydrogens is 358 g/mol. The van der Waals surface area contributed by atoms with Crippen LogP contribution in [-0.4, -0.2) is 54.2 Å².